The highest BCUT2D eigenvalue weighted by molar-refractivity contribution is 5.79. The lowest BCUT2D eigenvalue weighted by Gasteiger charge is -2.11. The van der Waals surface area contributed by atoms with Crippen LogP contribution < -0.4 is 10.6 Å². The lowest BCUT2D eigenvalue weighted by atomic mass is 10.3. The maximum atomic E-state index is 4.63. The van der Waals surface area contributed by atoms with Crippen LogP contribution >= 0.6 is 0 Å². The monoisotopic (exact) mass is 314 g/mol. The lowest BCUT2D eigenvalue weighted by Crippen LogP contribution is -2.38. The van der Waals surface area contributed by atoms with Gasteiger partial charge in [-0.1, -0.05) is 26.3 Å². The van der Waals surface area contributed by atoms with Crippen molar-refractivity contribution in [2.24, 2.45) is 4.99 Å². The van der Waals surface area contributed by atoms with Crippen LogP contribution in [0.2, 0.25) is 0 Å². The molecule has 23 heavy (non-hydrogen) atoms. The minimum absolute atomic E-state index is 0.613. The number of guanidine groups is 1. The van der Waals surface area contributed by atoms with Gasteiger partial charge >= 0.3 is 0 Å². The molecule has 0 aromatic carbocycles. The molecule has 0 atom stereocenters. The summed E-state index contributed by atoms with van der Waals surface area (Å²) >= 11 is 0. The molecule has 124 valence electrons. The van der Waals surface area contributed by atoms with Gasteiger partial charge in [0, 0.05) is 31.7 Å². The first kappa shape index (κ1) is 17.0. The first-order chi connectivity index (χ1) is 11.3. The Morgan fingerprint density at radius 1 is 1.17 bits per heavy atom. The van der Waals surface area contributed by atoms with Crippen molar-refractivity contribution >= 4 is 5.96 Å². The molecular formula is C17H26N6. The van der Waals surface area contributed by atoms with Crippen LogP contribution in [0.5, 0.6) is 0 Å². The maximum absolute atomic E-state index is 4.63. The number of aliphatic imine (C=N–C) groups is 1. The molecule has 0 saturated heterocycles. The Labute approximate surface area is 138 Å². The molecule has 2 rings (SSSR count). The van der Waals surface area contributed by atoms with Gasteiger partial charge in [-0.3, -0.25) is 4.57 Å². The van der Waals surface area contributed by atoms with Crippen molar-refractivity contribution in [2.75, 3.05) is 13.1 Å². The molecular weight excluding hydrogens is 288 g/mol. The molecule has 6 nitrogen and oxygen atoms in total. The molecule has 0 saturated carbocycles. The number of imidazole rings is 1. The number of nitrogens with one attached hydrogen (secondary N) is 2. The molecule has 0 bridgehead atoms. The number of unbranched alkanes of at least 4 members (excludes halogenated alkanes) is 1. The summed E-state index contributed by atoms with van der Waals surface area (Å²) in [5, 5.41) is 6.70. The summed E-state index contributed by atoms with van der Waals surface area (Å²) in [6.07, 6.45) is 10.6. The number of rotatable bonds is 8. The number of hydrogen-bond donors (Lipinski definition) is 2. The smallest absolute Gasteiger partial charge is 0.191 e. The lowest BCUT2D eigenvalue weighted by molar-refractivity contribution is 0.719. The first-order valence-electron chi connectivity index (χ1n) is 8.29. The van der Waals surface area contributed by atoms with Gasteiger partial charge in [0.2, 0.25) is 0 Å². The number of hydrogen-bond acceptors (Lipinski definition) is 3. The Kier molecular flexibility index (Phi) is 7.10. The molecule has 2 aromatic heterocycles. The zero-order valence-corrected chi connectivity index (χ0v) is 14.0. The summed E-state index contributed by atoms with van der Waals surface area (Å²) in [7, 11) is 0. The predicted molar refractivity (Wildman–Crippen MR) is 93.7 cm³/mol. The van der Waals surface area contributed by atoms with Gasteiger partial charge in [-0.05, 0) is 24.5 Å². The Hall–Kier alpha value is -2.37. The van der Waals surface area contributed by atoms with Crippen LogP contribution in [-0.4, -0.2) is 33.6 Å². The molecule has 2 heterocycles. The highest BCUT2D eigenvalue weighted by Crippen LogP contribution is 2.06. The third-order valence-corrected chi connectivity index (χ3v) is 3.36. The number of nitrogens with zero attached hydrogens (tertiary/aromatic N) is 4. The number of pyridine rings is 1. The summed E-state index contributed by atoms with van der Waals surface area (Å²) in [6, 6.07) is 4.03. The fourth-order valence-corrected chi connectivity index (χ4v) is 2.03. The quantitative estimate of drug-likeness (QED) is 0.446. The minimum Gasteiger partial charge on any atom is -0.356 e. The fourth-order valence-electron chi connectivity index (χ4n) is 2.03. The van der Waals surface area contributed by atoms with E-state index in [0.29, 0.717) is 6.54 Å². The molecule has 0 amide bonds. The maximum Gasteiger partial charge on any atom is 0.191 e. The SMILES string of the molecule is CCCCNC(=NCc1ccc(-n2ccnc2)nc1)NCCC. The van der Waals surface area contributed by atoms with Crippen LogP contribution in [-0.2, 0) is 6.54 Å². The normalized spacial score (nSPS) is 11.5. The van der Waals surface area contributed by atoms with Crippen LogP contribution in [0, 0.1) is 0 Å². The molecule has 2 aromatic rings. The van der Waals surface area contributed by atoms with Gasteiger partial charge in [0.25, 0.3) is 0 Å². The van der Waals surface area contributed by atoms with E-state index >= 15 is 0 Å². The topological polar surface area (TPSA) is 67.1 Å². The molecule has 0 spiro atoms. The largest absolute Gasteiger partial charge is 0.356 e. The van der Waals surface area contributed by atoms with Crippen molar-refractivity contribution in [3.8, 4) is 5.82 Å². The average molecular weight is 314 g/mol. The molecule has 0 radical (unpaired) electrons. The van der Waals surface area contributed by atoms with Gasteiger partial charge in [0.15, 0.2) is 5.96 Å². The molecule has 0 fully saturated rings. The third-order valence-electron chi connectivity index (χ3n) is 3.36. The molecule has 0 aliphatic carbocycles. The van der Waals surface area contributed by atoms with Gasteiger partial charge in [0.1, 0.15) is 12.1 Å². The van der Waals surface area contributed by atoms with Crippen molar-refractivity contribution < 1.29 is 0 Å². The zero-order valence-electron chi connectivity index (χ0n) is 14.0. The molecule has 0 aliphatic heterocycles. The van der Waals surface area contributed by atoms with Gasteiger partial charge in [0.05, 0.1) is 6.54 Å². The minimum atomic E-state index is 0.613. The van der Waals surface area contributed by atoms with Gasteiger partial charge in [-0.2, -0.15) is 0 Å². The van der Waals surface area contributed by atoms with E-state index in [1.807, 2.05) is 23.0 Å². The fraction of sp³-hybridized carbons (Fsp3) is 0.471. The van der Waals surface area contributed by atoms with E-state index < -0.39 is 0 Å². The van der Waals surface area contributed by atoms with Gasteiger partial charge in [-0.25, -0.2) is 15.0 Å². The second-order valence-electron chi connectivity index (χ2n) is 5.37. The van der Waals surface area contributed by atoms with E-state index in [-0.39, 0.29) is 0 Å². The van der Waals surface area contributed by atoms with Crippen molar-refractivity contribution in [1.82, 2.24) is 25.2 Å². The predicted octanol–water partition coefficient (Wildman–Crippen LogP) is 2.51. The Bertz CT molecular complexity index is 574. The standard InChI is InChI=1S/C17H26N6/c1-3-5-9-20-17(19-8-4-2)22-13-15-6-7-16(21-12-15)23-11-10-18-14-23/h6-7,10-12,14H,3-5,8-9,13H2,1-2H3,(H2,19,20,22). The van der Waals surface area contributed by atoms with E-state index in [1.54, 1.807) is 12.5 Å². The second kappa shape index (κ2) is 9.61. The van der Waals surface area contributed by atoms with Crippen molar-refractivity contribution in [3.63, 3.8) is 0 Å². The Morgan fingerprint density at radius 2 is 2.04 bits per heavy atom. The zero-order chi connectivity index (χ0) is 16.3. The molecule has 0 unspecified atom stereocenters. The van der Waals surface area contributed by atoms with Crippen LogP contribution in [0.3, 0.4) is 0 Å². The van der Waals surface area contributed by atoms with E-state index in [9.17, 15) is 0 Å². The molecule has 6 heteroatoms. The van der Waals surface area contributed by atoms with Gasteiger partial charge < -0.3 is 10.6 Å². The first-order valence-corrected chi connectivity index (χ1v) is 8.29. The summed E-state index contributed by atoms with van der Waals surface area (Å²) < 4.78 is 1.88. The van der Waals surface area contributed by atoms with Crippen molar-refractivity contribution in [3.05, 3.63) is 42.6 Å². The highest BCUT2D eigenvalue weighted by atomic mass is 15.2. The molecule has 2 N–H and O–H groups in total. The van der Waals surface area contributed by atoms with Crippen molar-refractivity contribution in [1.29, 1.82) is 0 Å². The van der Waals surface area contributed by atoms with E-state index in [0.717, 1.165) is 43.3 Å². The van der Waals surface area contributed by atoms with Crippen LogP contribution in [0.1, 0.15) is 38.7 Å². The van der Waals surface area contributed by atoms with Crippen LogP contribution in [0.4, 0.5) is 0 Å². The Balaban J connectivity index is 1.94. The molecule has 0 aliphatic rings. The van der Waals surface area contributed by atoms with Crippen LogP contribution in [0.25, 0.3) is 5.82 Å². The second-order valence-corrected chi connectivity index (χ2v) is 5.37. The van der Waals surface area contributed by atoms with E-state index in [1.165, 1.54) is 6.42 Å². The number of aromatic nitrogens is 3. The van der Waals surface area contributed by atoms with E-state index in [2.05, 4.69) is 45.5 Å². The van der Waals surface area contributed by atoms with Crippen molar-refractivity contribution in [2.45, 2.75) is 39.7 Å². The summed E-state index contributed by atoms with van der Waals surface area (Å²) in [4.78, 5) is 13.1. The average Bonchev–Trinajstić information content (AvgIpc) is 3.12. The summed E-state index contributed by atoms with van der Waals surface area (Å²) in [5.74, 6) is 1.74. The van der Waals surface area contributed by atoms with E-state index in [4.69, 9.17) is 0 Å². The van der Waals surface area contributed by atoms with Gasteiger partial charge in [-0.15, -0.1) is 0 Å². The Morgan fingerprint density at radius 3 is 2.70 bits per heavy atom. The summed E-state index contributed by atoms with van der Waals surface area (Å²) in [6.45, 7) is 6.82. The highest BCUT2D eigenvalue weighted by Gasteiger charge is 2.00. The van der Waals surface area contributed by atoms with Crippen LogP contribution in [0.15, 0.2) is 42.0 Å². The summed E-state index contributed by atoms with van der Waals surface area (Å²) in [5.41, 5.74) is 1.09. The third kappa shape index (κ3) is 5.73.